The molecule has 0 unspecified atom stereocenters. The van der Waals surface area contributed by atoms with Crippen LogP contribution in [0.15, 0.2) is 48.9 Å². The molecule has 0 aliphatic rings. The van der Waals surface area contributed by atoms with E-state index < -0.39 is 0 Å². The summed E-state index contributed by atoms with van der Waals surface area (Å²) >= 11 is 0. The molecule has 0 fully saturated rings. The number of esters is 1. The molecule has 1 aromatic carbocycles. The fraction of sp³-hybridized carbons (Fsp3) is 0.188. The quantitative estimate of drug-likeness (QED) is 0.577. The molecule has 0 saturated heterocycles. The molecule has 0 saturated carbocycles. The summed E-state index contributed by atoms with van der Waals surface area (Å²) in [6.07, 6.45) is 3.32. The summed E-state index contributed by atoms with van der Waals surface area (Å²) in [4.78, 5) is 20.3. The lowest BCUT2D eigenvalue weighted by Crippen LogP contribution is -2.16. The van der Waals surface area contributed by atoms with Gasteiger partial charge in [-0.1, -0.05) is 12.1 Å². The number of anilines is 1. The van der Waals surface area contributed by atoms with Crippen molar-refractivity contribution in [1.82, 2.24) is 14.5 Å². The molecule has 0 radical (unpaired) electrons. The van der Waals surface area contributed by atoms with Crippen molar-refractivity contribution in [2.75, 3.05) is 18.5 Å². The Kier molecular flexibility index (Phi) is 4.00. The molecule has 6 nitrogen and oxygen atoms in total. The number of para-hydroxylation sites is 1. The number of ether oxygens (including phenoxy) is 1. The smallest absolute Gasteiger partial charge is 0.354 e. The van der Waals surface area contributed by atoms with Gasteiger partial charge < -0.3 is 14.6 Å². The molecule has 1 N–H and O–H groups in total. The standard InChI is InChI=1S/C16H16N4O2/c1-20-9-4-7-14(20)16(21)22-10-8-17-15-12-5-2-3-6-13(12)18-11-19-15/h2-7,9,11H,8,10H2,1H3,(H,17,18,19). The molecule has 0 aliphatic carbocycles. The van der Waals surface area contributed by atoms with Crippen LogP contribution in [0.1, 0.15) is 10.5 Å². The number of aryl methyl sites for hydroxylation is 1. The summed E-state index contributed by atoms with van der Waals surface area (Å²) in [5, 5.41) is 4.11. The van der Waals surface area contributed by atoms with Crippen molar-refractivity contribution in [3.63, 3.8) is 0 Å². The van der Waals surface area contributed by atoms with Gasteiger partial charge in [-0.05, 0) is 24.3 Å². The molecule has 0 atom stereocenters. The van der Waals surface area contributed by atoms with Gasteiger partial charge in [0.15, 0.2) is 0 Å². The highest BCUT2D eigenvalue weighted by Crippen LogP contribution is 2.17. The molecule has 0 spiro atoms. The Morgan fingerprint density at radius 1 is 1.23 bits per heavy atom. The maximum atomic E-state index is 11.9. The summed E-state index contributed by atoms with van der Waals surface area (Å²) in [7, 11) is 1.81. The predicted molar refractivity (Wildman–Crippen MR) is 83.7 cm³/mol. The van der Waals surface area contributed by atoms with E-state index in [4.69, 9.17) is 4.74 Å². The van der Waals surface area contributed by atoms with Crippen LogP contribution in [0.5, 0.6) is 0 Å². The maximum Gasteiger partial charge on any atom is 0.354 e. The fourth-order valence-electron chi connectivity index (χ4n) is 2.21. The second-order valence-corrected chi connectivity index (χ2v) is 4.81. The van der Waals surface area contributed by atoms with Crippen molar-refractivity contribution in [3.05, 3.63) is 54.6 Å². The largest absolute Gasteiger partial charge is 0.459 e. The fourth-order valence-corrected chi connectivity index (χ4v) is 2.21. The van der Waals surface area contributed by atoms with Gasteiger partial charge in [-0.25, -0.2) is 14.8 Å². The van der Waals surface area contributed by atoms with Gasteiger partial charge in [-0.3, -0.25) is 0 Å². The highest BCUT2D eigenvalue weighted by Gasteiger charge is 2.10. The number of carbonyl (C=O) groups excluding carboxylic acids is 1. The zero-order valence-corrected chi connectivity index (χ0v) is 12.2. The van der Waals surface area contributed by atoms with Crippen molar-refractivity contribution in [2.45, 2.75) is 0 Å². The second-order valence-electron chi connectivity index (χ2n) is 4.81. The van der Waals surface area contributed by atoms with Crippen molar-refractivity contribution >= 4 is 22.7 Å². The third kappa shape index (κ3) is 2.90. The van der Waals surface area contributed by atoms with Gasteiger partial charge in [0.25, 0.3) is 0 Å². The molecule has 112 valence electrons. The van der Waals surface area contributed by atoms with Gasteiger partial charge in [-0.15, -0.1) is 0 Å². The predicted octanol–water partition coefficient (Wildman–Crippen LogP) is 2.24. The van der Waals surface area contributed by atoms with Crippen molar-refractivity contribution in [2.24, 2.45) is 7.05 Å². The summed E-state index contributed by atoms with van der Waals surface area (Å²) in [5.41, 5.74) is 1.41. The Morgan fingerprint density at radius 2 is 2.09 bits per heavy atom. The summed E-state index contributed by atoms with van der Waals surface area (Å²) in [5.74, 6) is 0.405. The van der Waals surface area contributed by atoms with Crippen molar-refractivity contribution < 1.29 is 9.53 Å². The minimum absolute atomic E-state index is 0.266. The highest BCUT2D eigenvalue weighted by molar-refractivity contribution is 5.89. The molecule has 0 aliphatic heterocycles. The SMILES string of the molecule is Cn1cccc1C(=O)OCCNc1ncnc2ccccc12. The van der Waals surface area contributed by atoms with Crippen LogP contribution in [-0.4, -0.2) is 33.7 Å². The third-order valence-electron chi connectivity index (χ3n) is 3.32. The zero-order chi connectivity index (χ0) is 15.4. The van der Waals surface area contributed by atoms with E-state index in [9.17, 15) is 4.79 Å². The van der Waals surface area contributed by atoms with Crippen LogP contribution in [0, 0.1) is 0 Å². The van der Waals surface area contributed by atoms with Crippen LogP contribution in [-0.2, 0) is 11.8 Å². The minimum atomic E-state index is -0.332. The zero-order valence-electron chi connectivity index (χ0n) is 12.2. The number of hydrogen-bond donors (Lipinski definition) is 1. The normalized spacial score (nSPS) is 10.6. The molecular formula is C16H16N4O2. The number of fused-ring (bicyclic) bond motifs is 1. The lowest BCUT2D eigenvalue weighted by molar-refractivity contribution is 0.0509. The Hall–Kier alpha value is -2.89. The molecule has 22 heavy (non-hydrogen) atoms. The molecular weight excluding hydrogens is 280 g/mol. The van der Waals surface area contributed by atoms with Crippen molar-refractivity contribution in [1.29, 1.82) is 0 Å². The summed E-state index contributed by atoms with van der Waals surface area (Å²) in [6.45, 7) is 0.750. The van der Waals surface area contributed by atoms with Gasteiger partial charge in [0.1, 0.15) is 24.4 Å². The maximum absolute atomic E-state index is 11.9. The Morgan fingerprint density at radius 3 is 2.91 bits per heavy atom. The average Bonchev–Trinajstić information content (AvgIpc) is 2.97. The lowest BCUT2D eigenvalue weighted by Gasteiger charge is -2.09. The van der Waals surface area contributed by atoms with Gasteiger partial charge in [-0.2, -0.15) is 0 Å². The van der Waals surface area contributed by atoms with E-state index in [-0.39, 0.29) is 12.6 Å². The van der Waals surface area contributed by atoms with Gasteiger partial charge in [0.2, 0.25) is 0 Å². The molecule has 2 heterocycles. The number of rotatable bonds is 5. The molecule has 2 aromatic heterocycles. The van der Waals surface area contributed by atoms with E-state index in [0.29, 0.717) is 12.2 Å². The van der Waals surface area contributed by atoms with Crippen LogP contribution in [0.2, 0.25) is 0 Å². The topological polar surface area (TPSA) is 69.0 Å². The first-order chi connectivity index (χ1) is 10.8. The van der Waals surface area contributed by atoms with E-state index in [1.165, 1.54) is 6.33 Å². The molecule has 3 rings (SSSR count). The number of aromatic nitrogens is 3. The van der Waals surface area contributed by atoms with E-state index in [0.717, 1.165) is 16.7 Å². The van der Waals surface area contributed by atoms with E-state index in [1.54, 1.807) is 10.6 Å². The highest BCUT2D eigenvalue weighted by atomic mass is 16.5. The lowest BCUT2D eigenvalue weighted by atomic mass is 10.2. The summed E-state index contributed by atoms with van der Waals surface area (Å²) in [6, 6.07) is 11.3. The Balaban J connectivity index is 1.57. The first-order valence-electron chi connectivity index (χ1n) is 6.98. The average molecular weight is 296 g/mol. The minimum Gasteiger partial charge on any atom is -0.459 e. The second kappa shape index (κ2) is 6.26. The molecule has 3 aromatic rings. The van der Waals surface area contributed by atoms with Gasteiger partial charge in [0.05, 0.1) is 12.1 Å². The van der Waals surface area contributed by atoms with Gasteiger partial charge in [0, 0.05) is 18.6 Å². The Bertz CT molecular complexity index is 792. The third-order valence-corrected chi connectivity index (χ3v) is 3.32. The molecule has 0 amide bonds. The van der Waals surface area contributed by atoms with E-state index in [2.05, 4.69) is 15.3 Å². The van der Waals surface area contributed by atoms with Crippen molar-refractivity contribution in [3.8, 4) is 0 Å². The van der Waals surface area contributed by atoms with Crippen LogP contribution < -0.4 is 5.32 Å². The number of nitrogens with one attached hydrogen (secondary N) is 1. The number of nitrogens with zero attached hydrogens (tertiary/aromatic N) is 3. The molecule has 6 heteroatoms. The first-order valence-corrected chi connectivity index (χ1v) is 6.98. The van der Waals surface area contributed by atoms with Gasteiger partial charge >= 0.3 is 5.97 Å². The summed E-state index contributed by atoms with van der Waals surface area (Å²) < 4.78 is 6.97. The first kappa shape index (κ1) is 14.1. The number of hydrogen-bond acceptors (Lipinski definition) is 5. The van der Waals surface area contributed by atoms with E-state index in [1.807, 2.05) is 43.6 Å². The van der Waals surface area contributed by atoms with Crippen LogP contribution in [0.25, 0.3) is 10.9 Å². The number of benzene rings is 1. The van der Waals surface area contributed by atoms with Crippen LogP contribution in [0.3, 0.4) is 0 Å². The van der Waals surface area contributed by atoms with Crippen LogP contribution in [0.4, 0.5) is 5.82 Å². The number of carbonyl (C=O) groups is 1. The van der Waals surface area contributed by atoms with E-state index >= 15 is 0 Å². The molecule has 0 bridgehead atoms. The monoisotopic (exact) mass is 296 g/mol. The van der Waals surface area contributed by atoms with Crippen LogP contribution >= 0.6 is 0 Å². The Labute approximate surface area is 127 Å².